The van der Waals surface area contributed by atoms with E-state index in [0.717, 1.165) is 16.9 Å². The number of aryl methyl sites for hydroxylation is 1. The minimum atomic E-state index is -0.0308. The van der Waals surface area contributed by atoms with Gasteiger partial charge in [-0.1, -0.05) is 19.3 Å². The summed E-state index contributed by atoms with van der Waals surface area (Å²) >= 11 is 0. The molecule has 0 unspecified atom stereocenters. The highest BCUT2D eigenvalue weighted by atomic mass is 16.1. The summed E-state index contributed by atoms with van der Waals surface area (Å²) in [7, 11) is 2.07. The number of ketones is 1. The SMILES string of the molecule is Cn1c(C2CCCCC2)nc2cc(C(=O)CN)ccc21. The highest BCUT2D eigenvalue weighted by Gasteiger charge is 2.21. The number of hydrogen-bond acceptors (Lipinski definition) is 3. The van der Waals surface area contributed by atoms with E-state index in [2.05, 4.69) is 11.6 Å². The Morgan fingerprint density at radius 1 is 1.35 bits per heavy atom. The third-order valence-corrected chi connectivity index (χ3v) is 4.39. The van der Waals surface area contributed by atoms with Gasteiger partial charge >= 0.3 is 0 Å². The van der Waals surface area contributed by atoms with Crippen LogP contribution in [-0.4, -0.2) is 21.9 Å². The van der Waals surface area contributed by atoms with Crippen molar-refractivity contribution in [3.05, 3.63) is 29.6 Å². The summed E-state index contributed by atoms with van der Waals surface area (Å²) < 4.78 is 2.18. The van der Waals surface area contributed by atoms with E-state index in [1.807, 2.05) is 18.2 Å². The molecule has 4 heteroatoms. The molecule has 1 aliphatic carbocycles. The number of Topliss-reactive ketones (excluding diaryl/α,β-unsaturated/α-hetero) is 1. The van der Waals surface area contributed by atoms with Crippen LogP contribution >= 0.6 is 0 Å². The fourth-order valence-corrected chi connectivity index (χ4v) is 3.24. The van der Waals surface area contributed by atoms with Crippen molar-refractivity contribution in [1.82, 2.24) is 9.55 Å². The van der Waals surface area contributed by atoms with Gasteiger partial charge in [-0.15, -0.1) is 0 Å². The second kappa shape index (κ2) is 5.37. The van der Waals surface area contributed by atoms with Crippen molar-refractivity contribution in [2.45, 2.75) is 38.0 Å². The van der Waals surface area contributed by atoms with E-state index < -0.39 is 0 Å². The van der Waals surface area contributed by atoms with Crippen LogP contribution in [0.3, 0.4) is 0 Å². The third kappa shape index (κ3) is 2.24. The Balaban J connectivity index is 2.02. The minimum Gasteiger partial charge on any atom is -0.331 e. The van der Waals surface area contributed by atoms with Gasteiger partial charge in [0.15, 0.2) is 5.78 Å². The fourth-order valence-electron chi connectivity index (χ4n) is 3.24. The molecule has 2 aromatic rings. The van der Waals surface area contributed by atoms with Crippen molar-refractivity contribution in [2.75, 3.05) is 6.54 Å². The smallest absolute Gasteiger partial charge is 0.176 e. The molecule has 0 amide bonds. The molecule has 0 spiro atoms. The summed E-state index contributed by atoms with van der Waals surface area (Å²) in [5.41, 5.74) is 8.09. The molecule has 0 radical (unpaired) electrons. The van der Waals surface area contributed by atoms with Crippen LogP contribution in [0, 0.1) is 0 Å². The van der Waals surface area contributed by atoms with Crippen LogP contribution < -0.4 is 5.73 Å². The highest BCUT2D eigenvalue weighted by molar-refractivity contribution is 6.00. The molecule has 1 saturated carbocycles. The van der Waals surface area contributed by atoms with E-state index in [1.165, 1.54) is 32.1 Å². The van der Waals surface area contributed by atoms with Crippen molar-refractivity contribution in [1.29, 1.82) is 0 Å². The number of carbonyl (C=O) groups excluding carboxylic acids is 1. The normalized spacial score (nSPS) is 16.7. The van der Waals surface area contributed by atoms with E-state index in [9.17, 15) is 4.79 Å². The van der Waals surface area contributed by atoms with Gasteiger partial charge in [-0.25, -0.2) is 4.98 Å². The van der Waals surface area contributed by atoms with Crippen molar-refractivity contribution in [3.8, 4) is 0 Å². The molecular weight excluding hydrogens is 250 g/mol. The van der Waals surface area contributed by atoms with Gasteiger partial charge in [0.1, 0.15) is 5.82 Å². The molecule has 106 valence electrons. The first-order valence-electron chi connectivity index (χ1n) is 7.40. The van der Waals surface area contributed by atoms with E-state index in [0.29, 0.717) is 11.5 Å². The summed E-state index contributed by atoms with van der Waals surface area (Å²) in [5, 5.41) is 0. The first-order valence-corrected chi connectivity index (χ1v) is 7.40. The third-order valence-electron chi connectivity index (χ3n) is 4.39. The molecule has 1 aromatic heterocycles. The average Bonchev–Trinajstić information content (AvgIpc) is 2.84. The second-order valence-electron chi connectivity index (χ2n) is 5.69. The molecule has 2 N–H and O–H groups in total. The summed E-state index contributed by atoms with van der Waals surface area (Å²) in [4.78, 5) is 16.5. The molecule has 1 heterocycles. The zero-order valence-corrected chi connectivity index (χ0v) is 11.9. The molecule has 1 aromatic carbocycles. The number of imidazole rings is 1. The Morgan fingerprint density at radius 2 is 2.10 bits per heavy atom. The van der Waals surface area contributed by atoms with Gasteiger partial charge in [0.2, 0.25) is 0 Å². The predicted octanol–water partition coefficient (Wildman–Crippen LogP) is 2.76. The quantitative estimate of drug-likeness (QED) is 0.873. The van der Waals surface area contributed by atoms with Gasteiger partial charge in [-0.05, 0) is 31.0 Å². The molecule has 0 aliphatic heterocycles. The number of aromatic nitrogens is 2. The Labute approximate surface area is 119 Å². The minimum absolute atomic E-state index is 0.0308. The van der Waals surface area contributed by atoms with Crippen molar-refractivity contribution in [2.24, 2.45) is 12.8 Å². The molecule has 1 fully saturated rings. The number of carbonyl (C=O) groups is 1. The maximum Gasteiger partial charge on any atom is 0.176 e. The zero-order chi connectivity index (χ0) is 14.1. The van der Waals surface area contributed by atoms with E-state index >= 15 is 0 Å². The number of benzene rings is 1. The van der Waals surface area contributed by atoms with Gasteiger partial charge in [-0.2, -0.15) is 0 Å². The summed E-state index contributed by atoms with van der Waals surface area (Å²) in [5.74, 6) is 1.70. The Hall–Kier alpha value is -1.68. The van der Waals surface area contributed by atoms with Crippen molar-refractivity contribution in [3.63, 3.8) is 0 Å². The largest absolute Gasteiger partial charge is 0.331 e. The van der Waals surface area contributed by atoms with Crippen molar-refractivity contribution < 1.29 is 4.79 Å². The standard InChI is InChI=1S/C16H21N3O/c1-19-14-8-7-12(15(20)10-17)9-13(14)18-16(19)11-5-3-2-4-6-11/h7-9,11H,2-6,10,17H2,1H3. The van der Waals surface area contributed by atoms with Crippen LogP contribution in [0.1, 0.15) is 54.2 Å². The molecule has 0 atom stereocenters. The Morgan fingerprint density at radius 3 is 2.80 bits per heavy atom. The lowest BCUT2D eigenvalue weighted by atomic mass is 9.89. The summed E-state index contributed by atoms with van der Waals surface area (Å²) in [6.07, 6.45) is 6.39. The predicted molar refractivity (Wildman–Crippen MR) is 79.9 cm³/mol. The molecule has 0 saturated heterocycles. The van der Waals surface area contributed by atoms with Crippen LogP contribution in [0.4, 0.5) is 0 Å². The number of fused-ring (bicyclic) bond motifs is 1. The maximum absolute atomic E-state index is 11.7. The van der Waals surface area contributed by atoms with Gasteiger partial charge in [0.05, 0.1) is 17.6 Å². The van der Waals surface area contributed by atoms with Gasteiger partial charge < -0.3 is 10.3 Å². The fraction of sp³-hybridized carbons (Fsp3) is 0.500. The Kier molecular flexibility index (Phi) is 3.57. The first kappa shape index (κ1) is 13.3. The first-order chi connectivity index (χ1) is 9.70. The maximum atomic E-state index is 11.7. The van der Waals surface area contributed by atoms with Gasteiger partial charge in [0.25, 0.3) is 0 Å². The molecule has 1 aliphatic rings. The molecule has 3 rings (SSSR count). The summed E-state index contributed by atoms with van der Waals surface area (Å²) in [6.45, 7) is 0.0494. The monoisotopic (exact) mass is 271 g/mol. The lowest BCUT2D eigenvalue weighted by Gasteiger charge is -2.20. The van der Waals surface area contributed by atoms with Crippen LogP contribution in [0.15, 0.2) is 18.2 Å². The lowest BCUT2D eigenvalue weighted by molar-refractivity contribution is 0.100. The molecule has 0 bridgehead atoms. The molecule has 20 heavy (non-hydrogen) atoms. The van der Waals surface area contributed by atoms with E-state index in [1.54, 1.807) is 0 Å². The molecule has 4 nitrogen and oxygen atoms in total. The second-order valence-corrected chi connectivity index (χ2v) is 5.69. The Bertz CT molecular complexity index is 638. The van der Waals surface area contributed by atoms with Gasteiger partial charge in [0, 0.05) is 18.5 Å². The van der Waals surface area contributed by atoms with Crippen LogP contribution in [0.5, 0.6) is 0 Å². The highest BCUT2D eigenvalue weighted by Crippen LogP contribution is 2.33. The number of hydrogen-bond donors (Lipinski definition) is 1. The van der Waals surface area contributed by atoms with Gasteiger partial charge in [-0.3, -0.25) is 4.79 Å². The lowest BCUT2D eigenvalue weighted by Crippen LogP contribution is -2.13. The van der Waals surface area contributed by atoms with E-state index in [-0.39, 0.29) is 12.3 Å². The van der Waals surface area contributed by atoms with Crippen molar-refractivity contribution >= 4 is 16.8 Å². The van der Waals surface area contributed by atoms with E-state index in [4.69, 9.17) is 10.7 Å². The topological polar surface area (TPSA) is 60.9 Å². The molecular formula is C16H21N3O. The zero-order valence-electron chi connectivity index (χ0n) is 11.9. The number of nitrogens with zero attached hydrogens (tertiary/aromatic N) is 2. The number of rotatable bonds is 3. The summed E-state index contributed by atoms with van der Waals surface area (Å²) in [6, 6.07) is 5.71. The van der Waals surface area contributed by atoms with Crippen LogP contribution in [0.25, 0.3) is 11.0 Å². The van der Waals surface area contributed by atoms with Crippen LogP contribution in [0.2, 0.25) is 0 Å². The number of nitrogens with two attached hydrogens (primary N) is 1. The van der Waals surface area contributed by atoms with Crippen LogP contribution in [-0.2, 0) is 7.05 Å². The average molecular weight is 271 g/mol.